The highest BCUT2D eigenvalue weighted by Crippen LogP contribution is 2.41. The molecule has 35 heavy (non-hydrogen) atoms. The van der Waals surface area contributed by atoms with Crippen molar-refractivity contribution in [2.24, 2.45) is 5.16 Å². The molecule has 2 saturated heterocycles. The smallest absolute Gasteiger partial charge is 0.352 e. The van der Waals surface area contributed by atoms with Gasteiger partial charge in [0.05, 0.1) is 13.7 Å². The second kappa shape index (κ2) is 9.69. The van der Waals surface area contributed by atoms with Gasteiger partial charge in [0, 0.05) is 29.3 Å². The first-order valence-electron chi connectivity index (χ1n) is 10.6. The summed E-state index contributed by atoms with van der Waals surface area (Å²) < 4.78 is 4.21. The molecule has 1 unspecified atom stereocenters. The number of aliphatic carboxylic acids is 1. The number of nitrogens with zero attached hydrogens (tertiary/aromatic N) is 5. The van der Waals surface area contributed by atoms with E-state index in [1.807, 2.05) is 7.05 Å². The lowest BCUT2D eigenvalue weighted by molar-refractivity contribution is -0.918. The molecule has 0 spiro atoms. The number of rotatable bonds is 8. The fourth-order valence-electron chi connectivity index (χ4n) is 4.80. The zero-order chi connectivity index (χ0) is 25.5. The molecule has 0 saturated carbocycles. The van der Waals surface area contributed by atoms with Gasteiger partial charge in [-0.2, -0.15) is 9.36 Å². The van der Waals surface area contributed by atoms with E-state index < -0.39 is 35.3 Å². The minimum Gasteiger partial charge on any atom is -0.477 e. The normalized spacial score (nSPS) is 30.7. The lowest BCUT2D eigenvalue weighted by atomic mass is 10.0. The van der Waals surface area contributed by atoms with Crippen LogP contribution in [0.2, 0.25) is 0 Å². The Balaban J connectivity index is 1.53. The van der Waals surface area contributed by atoms with Gasteiger partial charge in [0.15, 0.2) is 5.13 Å². The van der Waals surface area contributed by atoms with Crippen LogP contribution in [0, 0.1) is 0 Å². The number of likely N-dealkylation sites (tertiary alicyclic amines) is 1. The summed E-state index contributed by atoms with van der Waals surface area (Å²) in [6.45, 7) is 0.506. The number of anilines is 1. The van der Waals surface area contributed by atoms with Crippen LogP contribution in [0.5, 0.6) is 0 Å². The zero-order valence-corrected chi connectivity index (χ0v) is 20.6. The van der Waals surface area contributed by atoms with Crippen LogP contribution in [0.25, 0.3) is 0 Å². The third-order valence-corrected chi connectivity index (χ3v) is 8.29. The van der Waals surface area contributed by atoms with Crippen LogP contribution < -0.4 is 11.1 Å². The number of aliphatic hydroxyl groups is 2. The average molecular weight is 529 g/mol. The molecule has 5 atom stereocenters. The summed E-state index contributed by atoms with van der Waals surface area (Å²) >= 11 is 2.19. The molecule has 0 aromatic carbocycles. The van der Waals surface area contributed by atoms with Crippen molar-refractivity contribution >= 4 is 51.9 Å². The van der Waals surface area contributed by atoms with E-state index >= 15 is 0 Å². The van der Waals surface area contributed by atoms with Crippen LogP contribution >= 0.6 is 23.3 Å². The molecule has 16 heteroatoms. The number of likely N-dealkylation sites (N-methyl/N-ethyl adjacent to an activating group) is 1. The SMILES string of the molecule is CO/N=C(\C(=O)N[C@@H]1C(=O)N2C(C(=O)O)=C(C[N+]3(C)C[C@H](O)C[C@H]3CO)CS[C@H]12)c1nsc(N)n1. The summed E-state index contributed by atoms with van der Waals surface area (Å²) in [6, 6.07) is -1.22. The number of nitrogen functional groups attached to an aromatic ring is 1. The molecule has 4 heterocycles. The van der Waals surface area contributed by atoms with E-state index in [4.69, 9.17) is 10.6 Å². The summed E-state index contributed by atoms with van der Waals surface area (Å²) in [6.07, 6.45) is -0.175. The number of carbonyl (C=O) groups excluding carboxylic acids is 2. The van der Waals surface area contributed by atoms with Gasteiger partial charge < -0.3 is 35.7 Å². The molecule has 4 rings (SSSR count). The molecule has 3 aliphatic heterocycles. The third kappa shape index (κ3) is 4.58. The monoisotopic (exact) mass is 528 g/mol. The van der Waals surface area contributed by atoms with Crippen LogP contribution in [-0.4, -0.2) is 121 Å². The van der Waals surface area contributed by atoms with Crippen LogP contribution in [0.3, 0.4) is 0 Å². The van der Waals surface area contributed by atoms with Crippen molar-refractivity contribution in [3.8, 4) is 0 Å². The Bertz CT molecular complexity index is 1110. The van der Waals surface area contributed by atoms with Gasteiger partial charge in [0.2, 0.25) is 11.5 Å². The van der Waals surface area contributed by atoms with E-state index in [0.717, 1.165) is 11.5 Å². The standard InChI is InChI=1S/C19H25N7O7S2/c1-26(5-10(28)3-9(26)6-27)4-8-7-34-17-12(16(30)25(17)13(8)18(31)32)21-15(29)11(23-33-2)14-22-19(20)35-24-14/h9-10,12,17,27-28H,3-7H2,1-2H3,(H3-,20,21,22,24,29,31,32)/p+1/b23-11-/t9-,10+,12+,17+,26?/m0/s1. The molecule has 2 fully saturated rings. The average Bonchev–Trinajstić information content (AvgIpc) is 3.36. The largest absolute Gasteiger partial charge is 0.477 e. The second-order valence-corrected chi connectivity index (χ2v) is 10.6. The molecule has 6 N–H and O–H groups in total. The molecule has 0 radical (unpaired) electrons. The first kappa shape index (κ1) is 25.3. The number of carbonyl (C=O) groups is 3. The number of carboxylic acids is 1. The van der Waals surface area contributed by atoms with E-state index in [9.17, 15) is 29.7 Å². The Morgan fingerprint density at radius 3 is 2.77 bits per heavy atom. The summed E-state index contributed by atoms with van der Waals surface area (Å²) in [5.41, 5.74) is 5.73. The number of nitrogens with two attached hydrogens (primary N) is 1. The topological polar surface area (TPSA) is 201 Å². The van der Waals surface area contributed by atoms with Gasteiger partial charge >= 0.3 is 5.97 Å². The van der Waals surface area contributed by atoms with E-state index in [1.54, 1.807) is 0 Å². The van der Waals surface area contributed by atoms with Gasteiger partial charge in [0.1, 0.15) is 49.5 Å². The number of aliphatic hydroxyl groups excluding tert-OH is 2. The minimum atomic E-state index is -1.25. The molecular weight excluding hydrogens is 502 g/mol. The third-order valence-electron chi connectivity index (χ3n) is 6.40. The molecule has 14 nitrogen and oxygen atoms in total. The fourth-order valence-corrected chi connectivity index (χ4v) is 6.57. The number of hydrogen-bond donors (Lipinski definition) is 5. The molecular formula is C19H26N7O7S2+. The van der Waals surface area contributed by atoms with Crippen LogP contribution in [0.4, 0.5) is 5.13 Å². The quantitative estimate of drug-likeness (QED) is 0.106. The first-order valence-corrected chi connectivity index (χ1v) is 12.5. The highest BCUT2D eigenvalue weighted by atomic mass is 32.2. The van der Waals surface area contributed by atoms with Crippen molar-refractivity contribution in [2.45, 2.75) is 30.0 Å². The molecule has 190 valence electrons. The summed E-state index contributed by atoms with van der Waals surface area (Å²) in [7, 11) is 3.10. The van der Waals surface area contributed by atoms with Crippen LogP contribution in [0.15, 0.2) is 16.4 Å². The number of oxime groups is 1. The number of thioether (sulfide) groups is 1. The van der Waals surface area contributed by atoms with Crippen LogP contribution in [-0.2, 0) is 19.2 Å². The second-order valence-electron chi connectivity index (χ2n) is 8.74. The Morgan fingerprint density at radius 1 is 1.43 bits per heavy atom. The van der Waals surface area contributed by atoms with Crippen molar-refractivity contribution in [3.05, 3.63) is 17.1 Å². The van der Waals surface area contributed by atoms with Gasteiger partial charge in [-0.3, -0.25) is 14.5 Å². The van der Waals surface area contributed by atoms with Gasteiger partial charge in [-0.25, -0.2) is 4.79 Å². The first-order chi connectivity index (χ1) is 16.6. The number of fused-ring (bicyclic) bond motifs is 1. The molecule has 0 aliphatic carbocycles. The Hall–Kier alpha value is -2.79. The maximum Gasteiger partial charge on any atom is 0.352 e. The predicted molar refractivity (Wildman–Crippen MR) is 125 cm³/mol. The van der Waals surface area contributed by atoms with Gasteiger partial charge in [-0.15, -0.1) is 11.8 Å². The lowest BCUT2D eigenvalue weighted by Crippen LogP contribution is -2.71. The molecule has 2 amide bonds. The van der Waals surface area contributed by atoms with Crippen LogP contribution in [0.1, 0.15) is 12.2 Å². The predicted octanol–water partition coefficient (Wildman–Crippen LogP) is -2.22. The Labute approximate surface area is 208 Å². The zero-order valence-electron chi connectivity index (χ0n) is 18.9. The number of β-lactam (4-membered cyclic amide) rings is 1. The number of carboxylic acid groups (broad SMARTS) is 1. The number of quaternary nitrogens is 1. The number of nitrogens with one attached hydrogen (secondary N) is 1. The van der Waals surface area contributed by atoms with E-state index in [1.165, 1.54) is 23.8 Å². The Kier molecular flexibility index (Phi) is 7.01. The van der Waals surface area contributed by atoms with Gasteiger partial charge in [-0.1, -0.05) is 5.16 Å². The summed E-state index contributed by atoms with van der Waals surface area (Å²) in [5, 5.41) is 35.5. The number of aromatic nitrogens is 2. The maximum absolute atomic E-state index is 13.0. The van der Waals surface area contributed by atoms with Crippen molar-refractivity contribution in [3.63, 3.8) is 0 Å². The lowest BCUT2D eigenvalue weighted by Gasteiger charge is -2.50. The van der Waals surface area contributed by atoms with E-state index in [0.29, 0.717) is 24.3 Å². The van der Waals surface area contributed by atoms with Gasteiger partial charge in [0.25, 0.3) is 11.8 Å². The molecule has 1 aromatic rings. The summed E-state index contributed by atoms with van der Waals surface area (Å²) in [5.74, 6) is -2.32. The fraction of sp³-hybridized carbons (Fsp3) is 0.579. The molecule has 3 aliphatic rings. The maximum atomic E-state index is 13.0. The van der Waals surface area contributed by atoms with Crippen molar-refractivity contribution < 1.29 is 39.0 Å². The van der Waals surface area contributed by atoms with Crippen molar-refractivity contribution in [2.75, 3.05) is 45.3 Å². The van der Waals surface area contributed by atoms with Crippen molar-refractivity contribution in [1.29, 1.82) is 0 Å². The molecule has 0 bridgehead atoms. The number of hydrogen-bond acceptors (Lipinski definition) is 12. The highest BCUT2D eigenvalue weighted by Gasteiger charge is 2.55. The van der Waals surface area contributed by atoms with Gasteiger partial charge in [-0.05, 0) is 0 Å². The highest BCUT2D eigenvalue weighted by molar-refractivity contribution is 8.00. The van der Waals surface area contributed by atoms with Crippen molar-refractivity contribution in [1.82, 2.24) is 19.6 Å². The molecule has 1 aromatic heterocycles. The van der Waals surface area contributed by atoms with E-state index in [2.05, 4.69) is 19.8 Å². The number of amides is 2. The summed E-state index contributed by atoms with van der Waals surface area (Å²) in [4.78, 5) is 47.8. The van der Waals surface area contributed by atoms with E-state index in [-0.39, 0.29) is 46.0 Å². The minimum absolute atomic E-state index is 0.0524. The Morgan fingerprint density at radius 2 is 2.17 bits per heavy atom.